The Bertz CT molecular complexity index is 529. The highest BCUT2D eigenvalue weighted by Crippen LogP contribution is 2.41. The molecule has 1 aromatic rings. The van der Waals surface area contributed by atoms with Crippen LogP contribution in [0, 0.1) is 5.41 Å². The van der Waals surface area contributed by atoms with E-state index >= 15 is 0 Å². The van der Waals surface area contributed by atoms with Crippen molar-refractivity contribution in [2.75, 3.05) is 45.1 Å². The van der Waals surface area contributed by atoms with Crippen molar-refractivity contribution in [2.45, 2.75) is 31.7 Å². The van der Waals surface area contributed by atoms with Crippen molar-refractivity contribution in [3.63, 3.8) is 0 Å². The number of likely N-dealkylation sites (tertiary alicyclic amines) is 1. The van der Waals surface area contributed by atoms with E-state index in [0.29, 0.717) is 12.0 Å². The summed E-state index contributed by atoms with van der Waals surface area (Å²) in [6, 6.07) is 3.95. The number of rotatable bonds is 6. The average Bonchev–Trinajstić information content (AvgIpc) is 2.92. The highest BCUT2D eigenvalue weighted by molar-refractivity contribution is 5.82. The normalized spacial score (nSPS) is 23.3. The van der Waals surface area contributed by atoms with Gasteiger partial charge >= 0.3 is 0 Å². The van der Waals surface area contributed by atoms with E-state index in [1.165, 1.54) is 12.8 Å². The van der Waals surface area contributed by atoms with E-state index in [1.807, 2.05) is 18.3 Å². The second-order valence-electron chi connectivity index (χ2n) is 7.20. The third kappa shape index (κ3) is 4.24. The molecule has 1 amide bonds. The molecule has 3 heterocycles. The summed E-state index contributed by atoms with van der Waals surface area (Å²) in [7, 11) is 2.09. The Labute approximate surface area is 144 Å². The Kier molecular flexibility index (Phi) is 5.68. The Morgan fingerprint density at radius 3 is 3.00 bits per heavy atom. The molecule has 3 N–H and O–H groups in total. The molecule has 1 aromatic heterocycles. The average molecular weight is 331 g/mol. The second kappa shape index (κ2) is 7.94. The van der Waals surface area contributed by atoms with Crippen molar-refractivity contribution in [3.8, 4) is 0 Å². The van der Waals surface area contributed by atoms with E-state index in [0.717, 1.165) is 44.7 Å². The number of piperidine rings is 1. The van der Waals surface area contributed by atoms with Crippen molar-refractivity contribution in [3.05, 3.63) is 24.5 Å². The molecular weight excluding hydrogens is 302 g/mol. The van der Waals surface area contributed by atoms with Crippen LogP contribution in [0.15, 0.2) is 24.5 Å². The molecule has 132 valence electrons. The van der Waals surface area contributed by atoms with E-state index in [1.54, 1.807) is 6.20 Å². The lowest BCUT2D eigenvalue weighted by Crippen LogP contribution is -2.41. The van der Waals surface area contributed by atoms with Gasteiger partial charge < -0.3 is 16.0 Å². The first-order chi connectivity index (χ1) is 11.7. The molecule has 2 aliphatic heterocycles. The SMILES string of the molecule is CN1CC2(CCNCC2)C[C@H]1C(=O)NCCCNc1cccnc1. The van der Waals surface area contributed by atoms with Gasteiger partial charge in [-0.25, -0.2) is 0 Å². The first-order valence-corrected chi connectivity index (χ1v) is 9.01. The number of nitrogens with one attached hydrogen (secondary N) is 3. The lowest BCUT2D eigenvalue weighted by molar-refractivity contribution is -0.125. The molecule has 2 saturated heterocycles. The zero-order chi connectivity index (χ0) is 16.8. The monoisotopic (exact) mass is 331 g/mol. The van der Waals surface area contributed by atoms with Crippen LogP contribution in [0.5, 0.6) is 0 Å². The van der Waals surface area contributed by atoms with Crippen LogP contribution in [0.2, 0.25) is 0 Å². The second-order valence-corrected chi connectivity index (χ2v) is 7.20. The van der Waals surface area contributed by atoms with Gasteiger partial charge in [0.1, 0.15) is 0 Å². The van der Waals surface area contributed by atoms with Gasteiger partial charge in [-0.2, -0.15) is 0 Å². The number of likely N-dealkylation sites (N-methyl/N-ethyl adjacent to an activating group) is 1. The molecule has 2 fully saturated rings. The van der Waals surface area contributed by atoms with Gasteiger partial charge in [0.05, 0.1) is 11.7 Å². The lowest BCUT2D eigenvalue weighted by atomic mass is 9.77. The molecular formula is C18H29N5O. The van der Waals surface area contributed by atoms with Gasteiger partial charge in [-0.1, -0.05) is 0 Å². The minimum atomic E-state index is 0.0365. The summed E-state index contributed by atoms with van der Waals surface area (Å²) >= 11 is 0. The van der Waals surface area contributed by atoms with Crippen molar-refractivity contribution in [1.29, 1.82) is 0 Å². The fraction of sp³-hybridized carbons (Fsp3) is 0.667. The fourth-order valence-electron chi connectivity index (χ4n) is 4.00. The summed E-state index contributed by atoms with van der Waals surface area (Å²) in [6.45, 7) is 4.77. The third-order valence-corrected chi connectivity index (χ3v) is 5.35. The van der Waals surface area contributed by atoms with Gasteiger partial charge in [0.25, 0.3) is 0 Å². The quantitative estimate of drug-likeness (QED) is 0.681. The maximum absolute atomic E-state index is 12.5. The van der Waals surface area contributed by atoms with Crippen LogP contribution in [0.4, 0.5) is 5.69 Å². The maximum atomic E-state index is 12.5. The largest absolute Gasteiger partial charge is 0.384 e. The van der Waals surface area contributed by atoms with Crippen LogP contribution < -0.4 is 16.0 Å². The minimum absolute atomic E-state index is 0.0365. The van der Waals surface area contributed by atoms with E-state index in [9.17, 15) is 4.79 Å². The lowest BCUT2D eigenvalue weighted by Gasteiger charge is -2.33. The van der Waals surface area contributed by atoms with Crippen molar-refractivity contribution < 1.29 is 4.79 Å². The first-order valence-electron chi connectivity index (χ1n) is 9.01. The van der Waals surface area contributed by atoms with Crippen LogP contribution in [-0.4, -0.2) is 61.6 Å². The number of anilines is 1. The topological polar surface area (TPSA) is 69.3 Å². The molecule has 0 aromatic carbocycles. The number of carbonyl (C=O) groups excluding carboxylic acids is 1. The molecule has 0 aliphatic carbocycles. The van der Waals surface area contributed by atoms with E-state index in [-0.39, 0.29) is 11.9 Å². The summed E-state index contributed by atoms with van der Waals surface area (Å²) in [5.74, 6) is 0.189. The summed E-state index contributed by atoms with van der Waals surface area (Å²) in [6.07, 6.45) is 7.87. The molecule has 3 rings (SSSR count). The van der Waals surface area contributed by atoms with Gasteiger partial charge in [-0.15, -0.1) is 0 Å². The maximum Gasteiger partial charge on any atom is 0.237 e. The summed E-state index contributed by atoms with van der Waals surface area (Å²) in [4.78, 5) is 18.8. The molecule has 6 heteroatoms. The number of hydrogen-bond donors (Lipinski definition) is 3. The van der Waals surface area contributed by atoms with Gasteiger partial charge in [0.2, 0.25) is 5.91 Å². The van der Waals surface area contributed by atoms with Gasteiger partial charge in [-0.3, -0.25) is 14.7 Å². The van der Waals surface area contributed by atoms with Crippen LogP contribution >= 0.6 is 0 Å². The third-order valence-electron chi connectivity index (χ3n) is 5.35. The molecule has 24 heavy (non-hydrogen) atoms. The van der Waals surface area contributed by atoms with Crippen molar-refractivity contribution in [2.24, 2.45) is 5.41 Å². The highest BCUT2D eigenvalue weighted by atomic mass is 16.2. The Morgan fingerprint density at radius 1 is 1.42 bits per heavy atom. The summed E-state index contributed by atoms with van der Waals surface area (Å²) in [5.41, 5.74) is 1.37. The number of amides is 1. The van der Waals surface area contributed by atoms with Crippen molar-refractivity contribution in [1.82, 2.24) is 20.5 Å². The van der Waals surface area contributed by atoms with Crippen LogP contribution in [-0.2, 0) is 4.79 Å². The number of hydrogen-bond acceptors (Lipinski definition) is 5. The smallest absolute Gasteiger partial charge is 0.237 e. The highest BCUT2D eigenvalue weighted by Gasteiger charge is 2.45. The minimum Gasteiger partial charge on any atom is -0.384 e. The number of aromatic nitrogens is 1. The zero-order valence-electron chi connectivity index (χ0n) is 14.6. The number of carbonyl (C=O) groups is 1. The summed E-state index contributed by atoms with van der Waals surface area (Å²) < 4.78 is 0. The number of pyridine rings is 1. The van der Waals surface area contributed by atoms with Gasteiger partial charge in [-0.05, 0) is 63.4 Å². The van der Waals surface area contributed by atoms with E-state index in [4.69, 9.17) is 0 Å². The molecule has 2 aliphatic rings. The van der Waals surface area contributed by atoms with Crippen LogP contribution in [0.25, 0.3) is 0 Å². The number of nitrogens with zero attached hydrogens (tertiary/aromatic N) is 2. The fourth-order valence-corrected chi connectivity index (χ4v) is 4.00. The Balaban J connectivity index is 1.37. The van der Waals surface area contributed by atoms with Gasteiger partial charge in [0, 0.05) is 32.0 Å². The van der Waals surface area contributed by atoms with Crippen LogP contribution in [0.1, 0.15) is 25.7 Å². The Hall–Kier alpha value is -1.66. The van der Waals surface area contributed by atoms with Crippen molar-refractivity contribution >= 4 is 11.6 Å². The standard InChI is InChI=1S/C18H29N5O/c1-23-14-18(5-10-19-11-6-18)12-16(23)17(24)22-9-3-8-21-15-4-2-7-20-13-15/h2,4,7,13,16,19,21H,3,5-6,8-12,14H2,1H3,(H,22,24)/t16-/m0/s1. The molecule has 0 radical (unpaired) electrons. The first kappa shape index (κ1) is 17.2. The molecule has 0 bridgehead atoms. The van der Waals surface area contributed by atoms with E-state index < -0.39 is 0 Å². The van der Waals surface area contributed by atoms with Crippen LogP contribution in [0.3, 0.4) is 0 Å². The molecule has 1 spiro atoms. The predicted molar refractivity (Wildman–Crippen MR) is 95.9 cm³/mol. The summed E-state index contributed by atoms with van der Waals surface area (Å²) in [5, 5.41) is 9.85. The van der Waals surface area contributed by atoms with E-state index in [2.05, 4.69) is 32.9 Å². The molecule has 0 unspecified atom stereocenters. The van der Waals surface area contributed by atoms with Gasteiger partial charge in [0.15, 0.2) is 0 Å². The predicted octanol–water partition coefficient (Wildman–Crippen LogP) is 1.07. The molecule has 1 atom stereocenters. The zero-order valence-corrected chi connectivity index (χ0v) is 14.6. The Morgan fingerprint density at radius 2 is 2.25 bits per heavy atom. The molecule has 0 saturated carbocycles. The molecule has 6 nitrogen and oxygen atoms in total.